The van der Waals surface area contributed by atoms with Crippen LogP contribution in [0.25, 0.3) is 0 Å². The molecule has 0 aromatic carbocycles. The van der Waals surface area contributed by atoms with Gasteiger partial charge in [-0.15, -0.1) is 11.3 Å². The van der Waals surface area contributed by atoms with E-state index in [1.807, 2.05) is 0 Å². The minimum Gasteiger partial charge on any atom is -0.431 e. The Morgan fingerprint density at radius 3 is 2.71 bits per heavy atom. The average molecular weight is 317 g/mol. The highest BCUT2D eigenvalue weighted by molar-refractivity contribution is 8.14. The Morgan fingerprint density at radius 2 is 2.24 bits per heavy atom. The van der Waals surface area contributed by atoms with E-state index < -0.39 is 26.2 Å². The second-order valence-corrected chi connectivity index (χ2v) is 6.96. The Balaban J connectivity index is 2.29. The molecule has 1 saturated heterocycles. The first-order chi connectivity index (χ1) is 7.89. The number of carbonyl (C=O) groups excluding carboxylic acids is 1. The van der Waals surface area contributed by atoms with Crippen LogP contribution in [0.3, 0.4) is 0 Å². The van der Waals surface area contributed by atoms with Gasteiger partial charge in [0, 0.05) is 22.5 Å². The molecule has 1 aromatic rings. The molecule has 1 aliphatic heterocycles. The summed E-state index contributed by atoms with van der Waals surface area (Å²) in [5, 5.41) is 1.22. The van der Waals surface area contributed by atoms with E-state index in [9.17, 15) is 13.2 Å². The van der Waals surface area contributed by atoms with Crippen molar-refractivity contribution in [3.8, 4) is 0 Å². The Kier molecular flexibility index (Phi) is 3.65. The Labute approximate surface area is 111 Å². The predicted octanol–water partition coefficient (Wildman–Crippen LogP) is 2.23. The van der Waals surface area contributed by atoms with Crippen LogP contribution in [0.15, 0.2) is 10.3 Å². The standard InChI is InChI=1S/C8H6Cl2O5S2/c9-4-3-16-6(7(4)17(10,12)13)8(11)15-5-1-2-14-5/h3,5H,1-2H2. The van der Waals surface area contributed by atoms with E-state index in [-0.39, 0.29) is 9.90 Å². The van der Waals surface area contributed by atoms with Crippen molar-refractivity contribution in [2.75, 3.05) is 6.61 Å². The normalized spacial score (nSPS) is 19.8. The van der Waals surface area contributed by atoms with Crippen LogP contribution < -0.4 is 0 Å². The third kappa shape index (κ3) is 2.74. The first-order valence-electron chi connectivity index (χ1n) is 4.44. The summed E-state index contributed by atoms with van der Waals surface area (Å²) in [7, 11) is 1.11. The summed E-state index contributed by atoms with van der Waals surface area (Å²) in [6, 6.07) is 0. The van der Waals surface area contributed by atoms with Gasteiger partial charge in [0.2, 0.25) is 6.29 Å². The third-order valence-electron chi connectivity index (χ3n) is 2.03. The number of hydrogen-bond donors (Lipinski definition) is 0. The van der Waals surface area contributed by atoms with Gasteiger partial charge in [0.1, 0.15) is 9.77 Å². The first-order valence-corrected chi connectivity index (χ1v) is 8.00. The van der Waals surface area contributed by atoms with Gasteiger partial charge in [0.05, 0.1) is 11.6 Å². The monoisotopic (exact) mass is 316 g/mol. The van der Waals surface area contributed by atoms with Gasteiger partial charge in [0.25, 0.3) is 9.05 Å². The smallest absolute Gasteiger partial charge is 0.352 e. The van der Waals surface area contributed by atoms with E-state index in [4.69, 9.17) is 31.8 Å². The fraction of sp³-hybridized carbons (Fsp3) is 0.375. The largest absolute Gasteiger partial charge is 0.431 e. The van der Waals surface area contributed by atoms with E-state index in [1.54, 1.807) is 0 Å². The van der Waals surface area contributed by atoms with Gasteiger partial charge < -0.3 is 9.47 Å². The Morgan fingerprint density at radius 1 is 1.59 bits per heavy atom. The van der Waals surface area contributed by atoms with Gasteiger partial charge >= 0.3 is 5.97 Å². The summed E-state index contributed by atoms with van der Waals surface area (Å²) in [6.45, 7) is 0.518. The zero-order valence-corrected chi connectivity index (χ0v) is 11.3. The van der Waals surface area contributed by atoms with Crippen LogP contribution in [-0.2, 0) is 18.5 Å². The number of rotatable bonds is 3. The van der Waals surface area contributed by atoms with Gasteiger partial charge in [-0.3, -0.25) is 0 Å². The minimum atomic E-state index is -4.08. The fourth-order valence-electron chi connectivity index (χ4n) is 1.17. The molecule has 0 saturated carbocycles. The van der Waals surface area contributed by atoms with Gasteiger partial charge in [-0.25, -0.2) is 13.2 Å². The van der Waals surface area contributed by atoms with Crippen molar-refractivity contribution in [3.05, 3.63) is 15.3 Å². The maximum absolute atomic E-state index is 11.7. The van der Waals surface area contributed by atoms with E-state index in [0.29, 0.717) is 13.0 Å². The molecule has 2 heterocycles. The molecule has 0 N–H and O–H groups in total. The lowest BCUT2D eigenvalue weighted by atomic mass is 10.3. The summed E-state index contributed by atoms with van der Waals surface area (Å²) in [5.74, 6) is -0.800. The zero-order valence-electron chi connectivity index (χ0n) is 8.18. The van der Waals surface area contributed by atoms with Crippen molar-refractivity contribution in [2.45, 2.75) is 17.6 Å². The molecule has 2 rings (SSSR count). The molecule has 0 spiro atoms. The highest BCUT2D eigenvalue weighted by atomic mass is 35.7. The maximum atomic E-state index is 11.7. The molecule has 0 radical (unpaired) electrons. The minimum absolute atomic E-state index is 0.0912. The molecular weight excluding hydrogens is 311 g/mol. The van der Waals surface area contributed by atoms with Crippen molar-refractivity contribution in [2.24, 2.45) is 0 Å². The molecule has 1 unspecified atom stereocenters. The molecule has 94 valence electrons. The van der Waals surface area contributed by atoms with Crippen LogP contribution in [0, 0.1) is 0 Å². The molecule has 0 bridgehead atoms. The lowest BCUT2D eigenvalue weighted by molar-refractivity contribution is -0.184. The molecule has 1 aliphatic rings. The number of ether oxygens (including phenoxy) is 2. The molecule has 1 aromatic heterocycles. The van der Waals surface area contributed by atoms with Crippen LogP contribution in [0.5, 0.6) is 0 Å². The van der Waals surface area contributed by atoms with Crippen LogP contribution in [0.2, 0.25) is 5.02 Å². The third-order valence-corrected chi connectivity index (χ3v) is 5.03. The van der Waals surface area contributed by atoms with Gasteiger partial charge in [0.15, 0.2) is 0 Å². The summed E-state index contributed by atoms with van der Waals surface area (Å²) in [6.07, 6.45) is -0.0254. The molecule has 5 nitrogen and oxygen atoms in total. The van der Waals surface area contributed by atoms with Crippen LogP contribution in [0.1, 0.15) is 16.1 Å². The number of carbonyl (C=O) groups is 1. The van der Waals surface area contributed by atoms with E-state index in [1.165, 1.54) is 5.38 Å². The Hall–Kier alpha value is -0.340. The summed E-state index contributed by atoms with van der Waals surface area (Å²) >= 11 is 6.53. The summed E-state index contributed by atoms with van der Waals surface area (Å²) in [4.78, 5) is 11.1. The first kappa shape index (κ1) is 13.1. The van der Waals surface area contributed by atoms with Gasteiger partial charge in [-0.05, 0) is 0 Å². The van der Waals surface area contributed by atoms with Crippen molar-refractivity contribution < 1.29 is 22.7 Å². The molecule has 1 atom stereocenters. The van der Waals surface area contributed by atoms with E-state index >= 15 is 0 Å². The quantitative estimate of drug-likeness (QED) is 0.631. The molecule has 17 heavy (non-hydrogen) atoms. The van der Waals surface area contributed by atoms with Crippen LogP contribution in [0.4, 0.5) is 0 Å². The number of thiophene rings is 1. The highest BCUT2D eigenvalue weighted by Crippen LogP contribution is 2.34. The van der Waals surface area contributed by atoms with Crippen molar-refractivity contribution in [1.29, 1.82) is 0 Å². The molecule has 9 heteroatoms. The molecule has 0 amide bonds. The average Bonchev–Trinajstić information content (AvgIpc) is 2.52. The van der Waals surface area contributed by atoms with Crippen LogP contribution >= 0.6 is 33.6 Å². The second-order valence-electron chi connectivity index (χ2n) is 3.17. The lowest BCUT2D eigenvalue weighted by Crippen LogP contribution is -2.31. The number of hydrogen-bond acceptors (Lipinski definition) is 6. The topological polar surface area (TPSA) is 69.7 Å². The summed E-state index contributed by atoms with van der Waals surface area (Å²) in [5.41, 5.74) is 0. The predicted molar refractivity (Wildman–Crippen MR) is 62.1 cm³/mol. The molecule has 0 aliphatic carbocycles. The number of esters is 1. The zero-order chi connectivity index (χ0) is 12.6. The van der Waals surface area contributed by atoms with E-state index in [0.717, 1.165) is 11.3 Å². The second kappa shape index (κ2) is 4.74. The van der Waals surface area contributed by atoms with Crippen LogP contribution in [-0.4, -0.2) is 27.3 Å². The van der Waals surface area contributed by atoms with Crippen molar-refractivity contribution in [3.63, 3.8) is 0 Å². The highest BCUT2D eigenvalue weighted by Gasteiger charge is 2.30. The van der Waals surface area contributed by atoms with Gasteiger partial charge in [-0.2, -0.15) is 0 Å². The summed E-state index contributed by atoms with van der Waals surface area (Å²) < 4.78 is 32.3. The molecule has 1 fully saturated rings. The van der Waals surface area contributed by atoms with Crippen molar-refractivity contribution >= 4 is 48.6 Å². The lowest BCUT2D eigenvalue weighted by Gasteiger charge is -2.25. The maximum Gasteiger partial charge on any atom is 0.352 e. The Bertz CT molecular complexity index is 546. The van der Waals surface area contributed by atoms with Crippen molar-refractivity contribution in [1.82, 2.24) is 0 Å². The van der Waals surface area contributed by atoms with Gasteiger partial charge in [-0.1, -0.05) is 11.6 Å². The van der Waals surface area contributed by atoms with E-state index in [2.05, 4.69) is 0 Å². The molecular formula is C8H6Cl2O5S2. The fourth-order valence-corrected chi connectivity index (χ4v) is 4.34. The SMILES string of the molecule is O=C(OC1CCO1)c1scc(Cl)c1S(=O)(=O)Cl. The number of halogens is 2.